The van der Waals surface area contributed by atoms with Crippen LogP contribution in [0.5, 0.6) is 0 Å². The van der Waals surface area contributed by atoms with Crippen molar-refractivity contribution in [3.63, 3.8) is 0 Å². The van der Waals surface area contributed by atoms with Crippen molar-refractivity contribution in [1.29, 1.82) is 5.26 Å². The van der Waals surface area contributed by atoms with E-state index in [1.165, 1.54) is 29.2 Å². The molecule has 2 N–H and O–H groups in total. The van der Waals surface area contributed by atoms with Crippen LogP contribution < -0.4 is 10.6 Å². The molecule has 0 unspecified atom stereocenters. The topological polar surface area (TPSA) is 91.2 Å². The van der Waals surface area contributed by atoms with Gasteiger partial charge in [0.05, 0.1) is 33.9 Å². The highest BCUT2D eigenvalue weighted by Crippen LogP contribution is 2.42. The van der Waals surface area contributed by atoms with Crippen LogP contribution in [-0.4, -0.2) is 24.2 Å². The lowest BCUT2D eigenvalue weighted by Gasteiger charge is -2.28. The number of nitrogens with zero attached hydrogens (tertiary/aromatic N) is 1. The molecule has 0 fully saturated rings. The Morgan fingerprint density at radius 3 is 2.59 bits per heavy atom. The second kappa shape index (κ2) is 11.2. The van der Waals surface area contributed by atoms with Crippen molar-refractivity contribution in [3.05, 3.63) is 85.7 Å². The summed E-state index contributed by atoms with van der Waals surface area (Å²) >= 11 is 2.71. The van der Waals surface area contributed by atoms with Gasteiger partial charge in [-0.2, -0.15) is 5.26 Å². The molecule has 8 heteroatoms. The quantitative estimate of drug-likeness (QED) is 0.374. The van der Waals surface area contributed by atoms with Crippen LogP contribution in [0.1, 0.15) is 34.4 Å². The smallest absolute Gasteiger partial charge is 0.337 e. The maximum absolute atomic E-state index is 12.8. The fourth-order valence-corrected chi connectivity index (χ4v) is 5.67. The number of hydrogen-bond acceptors (Lipinski definition) is 7. The molecule has 6 nitrogen and oxygen atoms in total. The number of hydrogen-bond donors (Lipinski definition) is 2. The third-order valence-electron chi connectivity index (χ3n) is 5.32. The fourth-order valence-electron chi connectivity index (χ4n) is 3.94. The van der Waals surface area contributed by atoms with Gasteiger partial charge in [0, 0.05) is 16.3 Å². The van der Waals surface area contributed by atoms with Gasteiger partial charge in [-0.3, -0.25) is 4.79 Å². The summed E-state index contributed by atoms with van der Waals surface area (Å²) in [6.45, 7) is 11.4. The molecule has 34 heavy (non-hydrogen) atoms. The third kappa shape index (κ3) is 5.61. The minimum Gasteiger partial charge on any atom is -0.458 e. The zero-order valence-electron chi connectivity index (χ0n) is 19.7. The first-order valence-electron chi connectivity index (χ1n) is 10.7. The number of thiophene rings is 1. The van der Waals surface area contributed by atoms with Crippen LogP contribution in [-0.2, 0) is 14.3 Å². The maximum Gasteiger partial charge on any atom is 0.337 e. The highest BCUT2D eigenvalue weighted by molar-refractivity contribution is 8.03. The van der Waals surface area contributed by atoms with Gasteiger partial charge in [-0.25, -0.2) is 4.79 Å². The second-order valence-electron chi connectivity index (χ2n) is 7.96. The summed E-state index contributed by atoms with van der Waals surface area (Å²) in [6, 6.07) is 10.1. The SMILES string of the molecule is C=CCOC(=O)C1=C(C)NC(SCC(=O)Nc2c(C)cc(C)cc2C)=C(C#N)[C@@H]1c1cccs1. The number of nitrogens with one attached hydrogen (secondary N) is 2. The maximum atomic E-state index is 12.8. The van der Waals surface area contributed by atoms with Crippen molar-refractivity contribution in [3.8, 4) is 6.07 Å². The molecule has 1 aromatic carbocycles. The molecular formula is C26H27N3O3S2. The van der Waals surface area contributed by atoms with E-state index in [2.05, 4.69) is 23.3 Å². The van der Waals surface area contributed by atoms with Crippen LogP contribution >= 0.6 is 23.1 Å². The molecule has 176 valence electrons. The Hall–Kier alpha value is -3.28. The fraction of sp³-hybridized carbons (Fsp3) is 0.269. The Kier molecular flexibility index (Phi) is 8.37. The van der Waals surface area contributed by atoms with Gasteiger partial charge >= 0.3 is 5.97 Å². The van der Waals surface area contributed by atoms with Gasteiger partial charge in [0.2, 0.25) is 5.91 Å². The molecule has 1 aliphatic rings. The highest BCUT2D eigenvalue weighted by atomic mass is 32.2. The number of allylic oxidation sites excluding steroid dienone is 2. The number of nitriles is 1. The molecule has 0 saturated heterocycles. The Balaban J connectivity index is 1.85. The first-order chi connectivity index (χ1) is 16.3. The summed E-state index contributed by atoms with van der Waals surface area (Å²) in [5.74, 6) is -1.11. The van der Waals surface area contributed by atoms with E-state index in [-0.39, 0.29) is 18.3 Å². The molecule has 3 rings (SSSR count). The van der Waals surface area contributed by atoms with E-state index in [0.29, 0.717) is 21.9 Å². The Morgan fingerprint density at radius 1 is 1.29 bits per heavy atom. The van der Waals surface area contributed by atoms with Crippen LogP contribution in [0, 0.1) is 32.1 Å². The summed E-state index contributed by atoms with van der Waals surface area (Å²) in [5.41, 5.74) is 5.33. The number of carbonyl (C=O) groups is 2. The van der Waals surface area contributed by atoms with Crippen molar-refractivity contribution in [1.82, 2.24) is 5.32 Å². The summed E-state index contributed by atoms with van der Waals surface area (Å²) in [7, 11) is 0. The zero-order chi connectivity index (χ0) is 24.8. The number of aryl methyl sites for hydroxylation is 3. The highest BCUT2D eigenvalue weighted by Gasteiger charge is 2.36. The minimum atomic E-state index is -0.560. The van der Waals surface area contributed by atoms with Crippen LogP contribution in [0.3, 0.4) is 0 Å². The molecule has 0 spiro atoms. The Morgan fingerprint density at radius 2 is 2.00 bits per heavy atom. The van der Waals surface area contributed by atoms with E-state index < -0.39 is 11.9 Å². The van der Waals surface area contributed by atoms with Crippen molar-refractivity contribution in [2.24, 2.45) is 0 Å². The molecule has 0 aliphatic carbocycles. The zero-order valence-corrected chi connectivity index (χ0v) is 21.3. The number of ether oxygens (including phenoxy) is 1. The monoisotopic (exact) mass is 493 g/mol. The van der Waals surface area contributed by atoms with Gasteiger partial charge in [0.1, 0.15) is 6.61 Å². The van der Waals surface area contributed by atoms with Crippen LogP contribution in [0.25, 0.3) is 0 Å². The number of dihydropyridines is 1. The third-order valence-corrected chi connectivity index (χ3v) is 7.27. The predicted molar refractivity (Wildman–Crippen MR) is 138 cm³/mol. The van der Waals surface area contributed by atoms with Crippen molar-refractivity contribution >= 4 is 40.7 Å². The Labute approximate surface area is 208 Å². The molecular weight excluding hydrogens is 466 g/mol. The minimum absolute atomic E-state index is 0.0813. The molecule has 1 aliphatic heterocycles. The number of benzene rings is 1. The van der Waals surface area contributed by atoms with E-state index in [4.69, 9.17) is 4.74 Å². The van der Waals surface area contributed by atoms with Gasteiger partial charge in [-0.05, 0) is 50.3 Å². The van der Waals surface area contributed by atoms with Gasteiger partial charge in [-0.15, -0.1) is 11.3 Å². The van der Waals surface area contributed by atoms with E-state index in [0.717, 1.165) is 27.3 Å². The number of rotatable bonds is 8. The van der Waals surface area contributed by atoms with Crippen molar-refractivity contribution < 1.29 is 14.3 Å². The summed E-state index contributed by atoms with van der Waals surface area (Å²) in [5, 5.41) is 18.7. The van der Waals surface area contributed by atoms with E-state index in [1.807, 2.05) is 50.4 Å². The van der Waals surface area contributed by atoms with E-state index >= 15 is 0 Å². The van der Waals surface area contributed by atoms with Gasteiger partial charge < -0.3 is 15.4 Å². The molecule has 2 aromatic rings. The largest absolute Gasteiger partial charge is 0.458 e. The van der Waals surface area contributed by atoms with Crippen LogP contribution in [0.2, 0.25) is 0 Å². The summed E-state index contributed by atoms with van der Waals surface area (Å²) in [4.78, 5) is 26.5. The van der Waals surface area contributed by atoms with Crippen molar-refractivity contribution in [2.45, 2.75) is 33.6 Å². The normalized spacial score (nSPS) is 15.4. The van der Waals surface area contributed by atoms with E-state index in [9.17, 15) is 14.9 Å². The average molecular weight is 494 g/mol. The molecule has 1 atom stereocenters. The number of esters is 1. The molecule has 0 radical (unpaired) electrons. The lowest BCUT2D eigenvalue weighted by Crippen LogP contribution is -2.29. The number of amides is 1. The Bertz CT molecular complexity index is 1200. The van der Waals surface area contributed by atoms with E-state index in [1.54, 1.807) is 6.92 Å². The predicted octanol–water partition coefficient (Wildman–Crippen LogP) is 5.47. The number of thioether (sulfide) groups is 1. The van der Waals surface area contributed by atoms with Crippen molar-refractivity contribution in [2.75, 3.05) is 17.7 Å². The molecule has 0 bridgehead atoms. The van der Waals surface area contributed by atoms with Crippen LogP contribution in [0.4, 0.5) is 5.69 Å². The molecule has 0 saturated carbocycles. The van der Waals surface area contributed by atoms with Gasteiger partial charge in [-0.1, -0.05) is 48.2 Å². The average Bonchev–Trinajstić information content (AvgIpc) is 3.32. The summed E-state index contributed by atoms with van der Waals surface area (Å²) in [6.07, 6.45) is 1.50. The number of anilines is 1. The number of carbonyl (C=O) groups excluding carboxylic acids is 2. The second-order valence-corrected chi connectivity index (χ2v) is 9.93. The lowest BCUT2D eigenvalue weighted by molar-refractivity contribution is -0.138. The molecule has 2 heterocycles. The standard InChI is InChI=1S/C26H27N3O3S2/c1-6-9-32-26(31)22-18(5)28-25(19(13-27)23(22)20-8-7-10-33-20)34-14-21(30)29-24-16(3)11-15(2)12-17(24)4/h6-8,10-12,23,28H,1,9,14H2,2-5H3,(H,29,30)/t23-/m1/s1. The summed E-state index contributed by atoms with van der Waals surface area (Å²) < 4.78 is 5.30. The first kappa shape index (κ1) is 25.3. The lowest BCUT2D eigenvalue weighted by atomic mass is 9.87. The molecule has 1 aromatic heterocycles. The van der Waals surface area contributed by atoms with Gasteiger partial charge in [0.15, 0.2) is 0 Å². The van der Waals surface area contributed by atoms with Crippen LogP contribution in [0.15, 0.2) is 64.2 Å². The van der Waals surface area contributed by atoms with Gasteiger partial charge in [0.25, 0.3) is 0 Å². The first-order valence-corrected chi connectivity index (χ1v) is 12.6. The molecule has 1 amide bonds.